The summed E-state index contributed by atoms with van der Waals surface area (Å²) in [5.74, 6) is 2.07. The standard InChI is InChI=1S/C13H16BrCl/c14-13-8-4-3-7-11(13)12(9-15)10-5-1-2-6-10/h3-4,7-8,10,12H,1-2,5-6,9H2. The Bertz CT molecular complexity index is 318. The van der Waals surface area contributed by atoms with Gasteiger partial charge in [0, 0.05) is 16.3 Å². The van der Waals surface area contributed by atoms with Crippen LogP contribution in [0.4, 0.5) is 0 Å². The fourth-order valence-corrected chi connectivity index (χ4v) is 3.60. The summed E-state index contributed by atoms with van der Waals surface area (Å²) in [6.07, 6.45) is 5.45. The average Bonchev–Trinajstić information content (AvgIpc) is 2.75. The molecule has 0 radical (unpaired) electrons. The maximum atomic E-state index is 6.13. The zero-order chi connectivity index (χ0) is 10.7. The largest absolute Gasteiger partial charge is 0.126 e. The van der Waals surface area contributed by atoms with Crippen molar-refractivity contribution in [3.63, 3.8) is 0 Å². The van der Waals surface area contributed by atoms with E-state index in [1.165, 1.54) is 35.7 Å². The second-order valence-corrected chi connectivity index (χ2v) is 5.49. The van der Waals surface area contributed by atoms with E-state index < -0.39 is 0 Å². The molecule has 0 N–H and O–H groups in total. The molecule has 1 aromatic carbocycles. The smallest absolute Gasteiger partial charge is 0.0295 e. The summed E-state index contributed by atoms with van der Waals surface area (Å²) < 4.78 is 1.21. The molecule has 0 saturated heterocycles. The molecule has 0 aliphatic heterocycles. The van der Waals surface area contributed by atoms with Crippen molar-refractivity contribution in [1.82, 2.24) is 0 Å². The van der Waals surface area contributed by atoms with Crippen LogP contribution >= 0.6 is 27.5 Å². The van der Waals surface area contributed by atoms with Crippen LogP contribution in [0, 0.1) is 5.92 Å². The normalized spacial score (nSPS) is 19.3. The van der Waals surface area contributed by atoms with Crippen molar-refractivity contribution in [1.29, 1.82) is 0 Å². The van der Waals surface area contributed by atoms with Crippen LogP contribution in [0.25, 0.3) is 0 Å². The van der Waals surface area contributed by atoms with Crippen LogP contribution in [-0.2, 0) is 0 Å². The molecule has 1 aliphatic rings. The summed E-state index contributed by atoms with van der Waals surface area (Å²) in [6.45, 7) is 0. The van der Waals surface area contributed by atoms with Gasteiger partial charge in [-0.15, -0.1) is 11.6 Å². The first-order valence-electron chi connectivity index (χ1n) is 5.63. The van der Waals surface area contributed by atoms with Gasteiger partial charge in [-0.05, 0) is 30.4 Å². The highest BCUT2D eigenvalue weighted by Crippen LogP contribution is 2.40. The van der Waals surface area contributed by atoms with Gasteiger partial charge in [-0.25, -0.2) is 0 Å². The van der Waals surface area contributed by atoms with Gasteiger partial charge in [0.2, 0.25) is 0 Å². The predicted molar refractivity (Wildman–Crippen MR) is 69.6 cm³/mol. The molecule has 1 atom stereocenters. The van der Waals surface area contributed by atoms with E-state index >= 15 is 0 Å². The lowest BCUT2D eigenvalue weighted by atomic mass is 9.86. The molecule has 1 aromatic rings. The summed E-state index contributed by atoms with van der Waals surface area (Å²) in [5, 5.41) is 0. The third kappa shape index (κ3) is 2.57. The summed E-state index contributed by atoms with van der Waals surface area (Å²) in [5.41, 5.74) is 1.39. The topological polar surface area (TPSA) is 0 Å². The highest BCUT2D eigenvalue weighted by molar-refractivity contribution is 9.10. The lowest BCUT2D eigenvalue weighted by Gasteiger charge is -2.22. The number of benzene rings is 1. The first kappa shape index (κ1) is 11.5. The number of rotatable bonds is 3. The summed E-state index contributed by atoms with van der Waals surface area (Å²) in [6, 6.07) is 8.49. The molecule has 1 unspecified atom stereocenters. The van der Waals surface area contributed by atoms with Crippen molar-refractivity contribution in [2.45, 2.75) is 31.6 Å². The Kier molecular flexibility index (Phi) is 4.10. The van der Waals surface area contributed by atoms with Gasteiger partial charge in [-0.3, -0.25) is 0 Å². The van der Waals surface area contributed by atoms with E-state index in [0.717, 1.165) is 11.8 Å². The van der Waals surface area contributed by atoms with Crippen molar-refractivity contribution < 1.29 is 0 Å². The molecule has 82 valence electrons. The monoisotopic (exact) mass is 286 g/mol. The second kappa shape index (κ2) is 5.36. The Morgan fingerprint density at radius 1 is 1.27 bits per heavy atom. The van der Waals surface area contributed by atoms with Crippen LogP contribution in [0.1, 0.15) is 37.2 Å². The Hall–Kier alpha value is -0.0100. The minimum Gasteiger partial charge on any atom is -0.126 e. The minimum atomic E-state index is 0.532. The molecular formula is C13H16BrCl. The molecule has 0 aromatic heterocycles. The van der Waals surface area contributed by atoms with Crippen LogP contribution in [0.3, 0.4) is 0 Å². The number of hydrogen-bond acceptors (Lipinski definition) is 0. The van der Waals surface area contributed by atoms with Crippen molar-refractivity contribution >= 4 is 27.5 Å². The fourth-order valence-electron chi connectivity index (χ4n) is 2.60. The third-order valence-corrected chi connectivity index (χ3v) is 4.49. The summed E-state index contributed by atoms with van der Waals surface area (Å²) in [7, 11) is 0. The number of halogens is 2. The Balaban J connectivity index is 2.22. The zero-order valence-electron chi connectivity index (χ0n) is 8.76. The van der Waals surface area contributed by atoms with Crippen molar-refractivity contribution in [3.8, 4) is 0 Å². The molecule has 1 saturated carbocycles. The molecular weight excluding hydrogens is 272 g/mol. The Labute approximate surface area is 105 Å². The lowest BCUT2D eigenvalue weighted by Crippen LogP contribution is -2.11. The quantitative estimate of drug-likeness (QED) is 0.689. The van der Waals surface area contributed by atoms with Gasteiger partial charge in [0.15, 0.2) is 0 Å². The number of alkyl halides is 1. The summed E-state index contributed by atoms with van der Waals surface area (Å²) in [4.78, 5) is 0. The highest BCUT2D eigenvalue weighted by Gasteiger charge is 2.26. The molecule has 0 heterocycles. The molecule has 0 spiro atoms. The van der Waals surface area contributed by atoms with Gasteiger partial charge in [0.25, 0.3) is 0 Å². The van der Waals surface area contributed by atoms with E-state index in [1.807, 2.05) is 0 Å². The Morgan fingerprint density at radius 3 is 2.53 bits per heavy atom. The third-order valence-electron chi connectivity index (χ3n) is 3.44. The minimum absolute atomic E-state index is 0.532. The van der Waals surface area contributed by atoms with Gasteiger partial charge in [-0.2, -0.15) is 0 Å². The fraction of sp³-hybridized carbons (Fsp3) is 0.538. The molecule has 2 rings (SSSR count). The molecule has 0 nitrogen and oxygen atoms in total. The van der Waals surface area contributed by atoms with E-state index in [1.54, 1.807) is 0 Å². The van der Waals surface area contributed by atoms with E-state index in [9.17, 15) is 0 Å². The van der Waals surface area contributed by atoms with Gasteiger partial charge >= 0.3 is 0 Å². The van der Waals surface area contributed by atoms with Crippen molar-refractivity contribution in [2.75, 3.05) is 5.88 Å². The van der Waals surface area contributed by atoms with Gasteiger partial charge in [0.1, 0.15) is 0 Å². The molecule has 1 aliphatic carbocycles. The van der Waals surface area contributed by atoms with Crippen molar-refractivity contribution in [2.24, 2.45) is 5.92 Å². The molecule has 15 heavy (non-hydrogen) atoms. The van der Waals surface area contributed by atoms with Crippen molar-refractivity contribution in [3.05, 3.63) is 34.3 Å². The maximum absolute atomic E-state index is 6.13. The summed E-state index contributed by atoms with van der Waals surface area (Å²) >= 11 is 9.76. The van der Waals surface area contributed by atoms with Crippen LogP contribution in [0.2, 0.25) is 0 Å². The van der Waals surface area contributed by atoms with Gasteiger partial charge < -0.3 is 0 Å². The van der Waals surface area contributed by atoms with Crippen LogP contribution in [0.15, 0.2) is 28.7 Å². The van der Waals surface area contributed by atoms with Gasteiger partial charge in [-0.1, -0.05) is 47.0 Å². The van der Waals surface area contributed by atoms with Gasteiger partial charge in [0.05, 0.1) is 0 Å². The van der Waals surface area contributed by atoms with E-state index in [0.29, 0.717) is 5.92 Å². The molecule has 2 heteroatoms. The number of hydrogen-bond donors (Lipinski definition) is 0. The molecule has 0 amide bonds. The first-order chi connectivity index (χ1) is 7.33. The van der Waals surface area contributed by atoms with Crippen LogP contribution in [-0.4, -0.2) is 5.88 Å². The first-order valence-corrected chi connectivity index (χ1v) is 6.96. The zero-order valence-corrected chi connectivity index (χ0v) is 11.1. The molecule has 1 fully saturated rings. The van der Waals surface area contributed by atoms with E-state index in [2.05, 4.69) is 40.2 Å². The lowest BCUT2D eigenvalue weighted by molar-refractivity contribution is 0.463. The molecule has 0 bridgehead atoms. The highest BCUT2D eigenvalue weighted by atomic mass is 79.9. The maximum Gasteiger partial charge on any atom is 0.0295 e. The van der Waals surface area contributed by atoms with E-state index in [4.69, 9.17) is 11.6 Å². The van der Waals surface area contributed by atoms with Crippen LogP contribution in [0.5, 0.6) is 0 Å². The Morgan fingerprint density at radius 2 is 1.93 bits per heavy atom. The predicted octanol–water partition coefficient (Wildman–Crippen LogP) is 4.96. The second-order valence-electron chi connectivity index (χ2n) is 4.33. The SMILES string of the molecule is ClCC(c1ccccc1Br)C1CCCC1. The average molecular weight is 288 g/mol. The van der Waals surface area contributed by atoms with E-state index in [-0.39, 0.29) is 0 Å². The van der Waals surface area contributed by atoms with Crippen LogP contribution < -0.4 is 0 Å².